The fraction of sp³-hybridized carbons (Fsp3) is 0.300. The average molecular weight is 322 g/mol. The van der Waals surface area contributed by atoms with Crippen LogP contribution in [-0.4, -0.2) is 23.1 Å². The smallest absolute Gasteiger partial charge is 0.150 e. The predicted octanol–water partition coefficient (Wildman–Crippen LogP) is 3.04. The third-order valence-electron chi connectivity index (χ3n) is 1.64. The Morgan fingerprint density at radius 2 is 2.07 bits per heavy atom. The molecule has 0 fully saturated rings. The summed E-state index contributed by atoms with van der Waals surface area (Å²) in [5, 5.41) is 1.51. The largest absolute Gasteiger partial charge is 0.489 e. The van der Waals surface area contributed by atoms with Gasteiger partial charge in [-0.3, -0.25) is 4.79 Å². The molecule has 14 heavy (non-hydrogen) atoms. The molecule has 0 aliphatic rings. The number of hydrogen-bond acceptors (Lipinski definition) is 2. The highest BCUT2D eigenvalue weighted by molar-refractivity contribution is 9.09. The van der Waals surface area contributed by atoms with Gasteiger partial charge in [-0.2, -0.15) is 0 Å². The highest BCUT2D eigenvalue weighted by atomic mass is 79.9. The minimum Gasteiger partial charge on any atom is -0.489 e. The van der Waals surface area contributed by atoms with Gasteiger partial charge in [0.05, 0.1) is 0 Å². The van der Waals surface area contributed by atoms with E-state index < -0.39 is 0 Å². The van der Waals surface area contributed by atoms with E-state index in [1.165, 1.54) is 0 Å². The molecule has 0 heterocycles. The van der Waals surface area contributed by atoms with Crippen molar-refractivity contribution in [2.75, 3.05) is 10.7 Å². The molecule has 0 N–H and O–H groups in total. The summed E-state index contributed by atoms with van der Waals surface area (Å²) in [6.45, 7) is 0. The van der Waals surface area contributed by atoms with Gasteiger partial charge >= 0.3 is 0 Å². The van der Waals surface area contributed by atoms with Crippen molar-refractivity contribution in [3.8, 4) is 5.75 Å². The second-order valence-corrected chi connectivity index (χ2v) is 4.03. The molecule has 0 atom stereocenters. The lowest BCUT2D eigenvalue weighted by Crippen LogP contribution is -2.19. The summed E-state index contributed by atoms with van der Waals surface area (Å²) in [7, 11) is 0. The molecule has 0 saturated heterocycles. The first kappa shape index (κ1) is 11.7. The van der Waals surface area contributed by atoms with Crippen molar-refractivity contribution >= 4 is 38.1 Å². The summed E-state index contributed by atoms with van der Waals surface area (Å²) in [5.74, 6) is 0.721. The lowest BCUT2D eigenvalue weighted by atomic mass is 10.2. The van der Waals surface area contributed by atoms with Crippen molar-refractivity contribution in [3.05, 3.63) is 29.8 Å². The Balaban J connectivity index is 2.70. The lowest BCUT2D eigenvalue weighted by Gasteiger charge is -2.13. The van der Waals surface area contributed by atoms with E-state index in [-0.39, 0.29) is 6.10 Å². The standard InChI is InChI=1S/C10H10Br2O2/c11-5-10(6-12)14-9-3-1-2-8(4-9)7-13/h1-4,7,10H,5-6H2. The molecule has 2 nitrogen and oxygen atoms in total. The SMILES string of the molecule is O=Cc1cccc(OC(CBr)CBr)c1. The molecule has 1 aromatic carbocycles. The first-order valence-corrected chi connectivity index (χ1v) is 6.38. The molecule has 0 amide bonds. The summed E-state index contributed by atoms with van der Waals surface area (Å²) in [6, 6.07) is 7.12. The number of alkyl halides is 2. The van der Waals surface area contributed by atoms with Gasteiger partial charge in [-0.15, -0.1) is 0 Å². The molecule has 0 unspecified atom stereocenters. The van der Waals surface area contributed by atoms with E-state index in [4.69, 9.17) is 4.74 Å². The molecular formula is C10H10Br2O2. The zero-order chi connectivity index (χ0) is 10.4. The van der Waals surface area contributed by atoms with E-state index in [0.29, 0.717) is 5.56 Å². The monoisotopic (exact) mass is 320 g/mol. The summed E-state index contributed by atoms with van der Waals surface area (Å²) < 4.78 is 5.60. The number of ether oxygens (including phenoxy) is 1. The normalized spacial score (nSPS) is 10.2. The number of carbonyl (C=O) groups excluding carboxylic acids is 1. The van der Waals surface area contributed by atoms with Gasteiger partial charge in [-0.25, -0.2) is 0 Å². The zero-order valence-electron chi connectivity index (χ0n) is 7.45. The van der Waals surface area contributed by atoms with E-state index in [2.05, 4.69) is 31.9 Å². The zero-order valence-corrected chi connectivity index (χ0v) is 10.6. The molecule has 76 valence electrons. The van der Waals surface area contributed by atoms with Crippen molar-refractivity contribution in [2.24, 2.45) is 0 Å². The molecule has 1 rings (SSSR count). The average Bonchev–Trinajstić information content (AvgIpc) is 2.26. The van der Waals surface area contributed by atoms with Gasteiger partial charge < -0.3 is 4.74 Å². The molecule has 0 bridgehead atoms. The van der Waals surface area contributed by atoms with Crippen LogP contribution in [0.3, 0.4) is 0 Å². The number of carbonyl (C=O) groups is 1. The van der Waals surface area contributed by atoms with Crippen LogP contribution in [0.5, 0.6) is 5.75 Å². The number of benzene rings is 1. The third-order valence-corrected chi connectivity index (χ3v) is 3.09. The molecule has 0 aromatic heterocycles. The fourth-order valence-electron chi connectivity index (χ4n) is 0.958. The number of halogens is 2. The minimum absolute atomic E-state index is 0.0805. The van der Waals surface area contributed by atoms with E-state index in [0.717, 1.165) is 22.7 Å². The quantitative estimate of drug-likeness (QED) is 0.615. The Labute approximate surface area is 99.9 Å². The Morgan fingerprint density at radius 3 is 2.64 bits per heavy atom. The second-order valence-electron chi connectivity index (χ2n) is 2.74. The van der Waals surface area contributed by atoms with E-state index >= 15 is 0 Å². The summed E-state index contributed by atoms with van der Waals surface area (Å²) in [5.41, 5.74) is 0.630. The van der Waals surface area contributed by atoms with Crippen LogP contribution in [0.4, 0.5) is 0 Å². The van der Waals surface area contributed by atoms with E-state index in [9.17, 15) is 4.79 Å². The number of rotatable bonds is 5. The van der Waals surface area contributed by atoms with E-state index in [1.54, 1.807) is 18.2 Å². The molecular weight excluding hydrogens is 312 g/mol. The van der Waals surface area contributed by atoms with Gasteiger partial charge in [0.1, 0.15) is 18.1 Å². The third kappa shape index (κ3) is 3.42. The maximum Gasteiger partial charge on any atom is 0.150 e. The van der Waals surface area contributed by atoms with Crippen molar-refractivity contribution in [2.45, 2.75) is 6.10 Å². The summed E-state index contributed by atoms with van der Waals surface area (Å²) in [6.07, 6.45) is 0.890. The maximum absolute atomic E-state index is 10.5. The Kier molecular flexibility index (Phi) is 5.19. The minimum atomic E-state index is 0.0805. The van der Waals surface area contributed by atoms with Gasteiger partial charge in [0.15, 0.2) is 0 Å². The van der Waals surface area contributed by atoms with Crippen LogP contribution in [0.1, 0.15) is 10.4 Å². The van der Waals surface area contributed by atoms with Crippen molar-refractivity contribution in [1.82, 2.24) is 0 Å². The summed E-state index contributed by atoms with van der Waals surface area (Å²) in [4.78, 5) is 10.5. The van der Waals surface area contributed by atoms with E-state index in [1.807, 2.05) is 6.07 Å². The van der Waals surface area contributed by atoms with Crippen molar-refractivity contribution in [1.29, 1.82) is 0 Å². The molecule has 0 aliphatic heterocycles. The van der Waals surface area contributed by atoms with Crippen LogP contribution in [-0.2, 0) is 0 Å². The number of aldehydes is 1. The molecule has 0 aliphatic carbocycles. The predicted molar refractivity (Wildman–Crippen MR) is 63.8 cm³/mol. The van der Waals surface area contributed by atoms with Crippen LogP contribution >= 0.6 is 31.9 Å². The Morgan fingerprint density at radius 1 is 1.36 bits per heavy atom. The lowest BCUT2D eigenvalue weighted by molar-refractivity contribution is 0.112. The Hall–Kier alpha value is -0.350. The fourth-order valence-corrected chi connectivity index (χ4v) is 2.29. The highest BCUT2D eigenvalue weighted by Crippen LogP contribution is 2.15. The van der Waals surface area contributed by atoms with Crippen LogP contribution in [0.2, 0.25) is 0 Å². The first-order valence-electron chi connectivity index (χ1n) is 4.14. The molecule has 1 aromatic rings. The van der Waals surface area contributed by atoms with Crippen LogP contribution < -0.4 is 4.74 Å². The van der Waals surface area contributed by atoms with Gasteiger partial charge in [0.2, 0.25) is 0 Å². The van der Waals surface area contributed by atoms with Crippen molar-refractivity contribution in [3.63, 3.8) is 0 Å². The van der Waals surface area contributed by atoms with Crippen LogP contribution in [0, 0.1) is 0 Å². The summed E-state index contributed by atoms with van der Waals surface area (Å²) >= 11 is 6.69. The van der Waals surface area contributed by atoms with Gasteiger partial charge in [0, 0.05) is 16.2 Å². The molecule has 0 saturated carbocycles. The Bertz CT molecular complexity index is 298. The van der Waals surface area contributed by atoms with Crippen molar-refractivity contribution < 1.29 is 9.53 Å². The van der Waals surface area contributed by atoms with Crippen LogP contribution in [0.15, 0.2) is 24.3 Å². The highest BCUT2D eigenvalue weighted by Gasteiger charge is 2.06. The van der Waals surface area contributed by atoms with Gasteiger partial charge in [-0.1, -0.05) is 44.0 Å². The maximum atomic E-state index is 10.5. The first-order chi connectivity index (χ1) is 6.80. The molecule has 0 spiro atoms. The topological polar surface area (TPSA) is 26.3 Å². The van der Waals surface area contributed by atoms with Crippen LogP contribution in [0.25, 0.3) is 0 Å². The molecule has 0 radical (unpaired) electrons. The molecule has 4 heteroatoms. The number of hydrogen-bond donors (Lipinski definition) is 0. The van der Waals surface area contributed by atoms with Gasteiger partial charge in [-0.05, 0) is 12.1 Å². The second kappa shape index (κ2) is 6.19. The van der Waals surface area contributed by atoms with Gasteiger partial charge in [0.25, 0.3) is 0 Å².